The third-order valence-electron chi connectivity index (χ3n) is 4.39. The number of rotatable bonds is 7. The molecule has 0 saturated carbocycles. The maximum absolute atomic E-state index is 12.5. The van der Waals surface area contributed by atoms with Gasteiger partial charge in [0.05, 0.1) is 19.9 Å². The molecule has 0 bridgehead atoms. The summed E-state index contributed by atoms with van der Waals surface area (Å²) in [5, 5.41) is 6.13. The first-order chi connectivity index (χ1) is 13.6. The number of aryl methyl sites for hydroxylation is 1. The first-order valence-corrected chi connectivity index (χ1v) is 8.88. The summed E-state index contributed by atoms with van der Waals surface area (Å²) in [5.41, 5.74) is 3.49. The Bertz CT molecular complexity index is 973. The van der Waals surface area contributed by atoms with Crippen molar-refractivity contribution in [2.75, 3.05) is 19.5 Å². The van der Waals surface area contributed by atoms with Crippen LogP contribution in [0.4, 0.5) is 11.5 Å². The zero-order valence-corrected chi connectivity index (χ0v) is 16.2. The standard InChI is InChI=1S/C22H23N3O3/c1-15-6-4-5-7-17(15)14-24-22(26)16-10-11-23-21(12-16)25-19-9-8-18(27-2)13-20(19)28-3/h4-13H,14H2,1-3H3,(H,23,25)(H,24,26). The molecule has 0 aliphatic rings. The highest BCUT2D eigenvalue weighted by Crippen LogP contribution is 2.31. The number of methoxy groups -OCH3 is 2. The quantitative estimate of drug-likeness (QED) is 0.649. The molecule has 2 N–H and O–H groups in total. The summed E-state index contributed by atoms with van der Waals surface area (Å²) in [6.07, 6.45) is 1.60. The highest BCUT2D eigenvalue weighted by Gasteiger charge is 2.10. The molecule has 0 atom stereocenters. The van der Waals surface area contributed by atoms with E-state index in [0.29, 0.717) is 29.4 Å². The minimum atomic E-state index is -0.157. The second-order valence-electron chi connectivity index (χ2n) is 6.23. The molecule has 0 fully saturated rings. The molecule has 6 nitrogen and oxygen atoms in total. The molecule has 144 valence electrons. The topological polar surface area (TPSA) is 72.5 Å². The Labute approximate surface area is 164 Å². The summed E-state index contributed by atoms with van der Waals surface area (Å²) in [7, 11) is 3.19. The van der Waals surface area contributed by atoms with Crippen LogP contribution in [0.2, 0.25) is 0 Å². The average Bonchev–Trinajstić information content (AvgIpc) is 2.73. The average molecular weight is 377 g/mol. The number of amides is 1. The number of carbonyl (C=O) groups excluding carboxylic acids is 1. The molecule has 0 radical (unpaired) electrons. The maximum Gasteiger partial charge on any atom is 0.251 e. The number of benzene rings is 2. The normalized spacial score (nSPS) is 10.2. The Morgan fingerprint density at radius 3 is 2.61 bits per heavy atom. The lowest BCUT2D eigenvalue weighted by Crippen LogP contribution is -2.23. The molecule has 0 saturated heterocycles. The van der Waals surface area contributed by atoms with Gasteiger partial charge in [-0.3, -0.25) is 4.79 Å². The molecule has 1 heterocycles. The maximum atomic E-state index is 12.5. The molecular weight excluding hydrogens is 354 g/mol. The van der Waals surface area contributed by atoms with Crippen LogP contribution in [0.3, 0.4) is 0 Å². The largest absolute Gasteiger partial charge is 0.497 e. The number of pyridine rings is 1. The van der Waals surface area contributed by atoms with Gasteiger partial charge in [-0.1, -0.05) is 24.3 Å². The lowest BCUT2D eigenvalue weighted by atomic mass is 10.1. The van der Waals surface area contributed by atoms with E-state index in [0.717, 1.165) is 16.8 Å². The number of carbonyl (C=O) groups is 1. The molecule has 1 aromatic heterocycles. The zero-order valence-electron chi connectivity index (χ0n) is 16.2. The van der Waals surface area contributed by atoms with Crippen molar-refractivity contribution in [3.8, 4) is 11.5 Å². The van der Waals surface area contributed by atoms with Crippen molar-refractivity contribution in [1.82, 2.24) is 10.3 Å². The second kappa shape index (κ2) is 8.90. The third kappa shape index (κ3) is 4.59. The monoisotopic (exact) mass is 377 g/mol. The smallest absolute Gasteiger partial charge is 0.251 e. The van der Waals surface area contributed by atoms with Crippen LogP contribution in [0.5, 0.6) is 11.5 Å². The molecule has 1 amide bonds. The van der Waals surface area contributed by atoms with Gasteiger partial charge in [-0.15, -0.1) is 0 Å². The molecule has 6 heteroatoms. The van der Waals surface area contributed by atoms with Crippen LogP contribution < -0.4 is 20.1 Å². The number of anilines is 2. The number of ether oxygens (including phenoxy) is 2. The summed E-state index contributed by atoms with van der Waals surface area (Å²) in [5.74, 6) is 1.71. The molecular formula is C22H23N3O3. The van der Waals surface area contributed by atoms with Crippen LogP contribution in [0.15, 0.2) is 60.8 Å². The van der Waals surface area contributed by atoms with E-state index in [1.165, 1.54) is 0 Å². The Morgan fingerprint density at radius 1 is 1.04 bits per heavy atom. The number of hydrogen-bond donors (Lipinski definition) is 2. The van der Waals surface area contributed by atoms with Gasteiger partial charge in [-0.25, -0.2) is 4.98 Å². The van der Waals surface area contributed by atoms with Gasteiger partial charge in [-0.05, 0) is 42.3 Å². The Balaban J connectivity index is 1.72. The first-order valence-electron chi connectivity index (χ1n) is 8.88. The Hall–Kier alpha value is -3.54. The van der Waals surface area contributed by atoms with Gasteiger partial charge in [0.15, 0.2) is 0 Å². The van der Waals surface area contributed by atoms with E-state index in [9.17, 15) is 4.79 Å². The van der Waals surface area contributed by atoms with E-state index >= 15 is 0 Å². The molecule has 0 spiro atoms. The summed E-state index contributed by atoms with van der Waals surface area (Å²) in [6, 6.07) is 16.8. The van der Waals surface area contributed by atoms with Crippen molar-refractivity contribution in [3.05, 3.63) is 77.5 Å². The summed E-state index contributed by atoms with van der Waals surface area (Å²) < 4.78 is 10.6. The number of nitrogens with one attached hydrogen (secondary N) is 2. The molecule has 28 heavy (non-hydrogen) atoms. The number of aromatic nitrogens is 1. The molecule has 3 aromatic rings. The van der Waals surface area contributed by atoms with Gasteiger partial charge >= 0.3 is 0 Å². The fraction of sp³-hybridized carbons (Fsp3) is 0.182. The van der Waals surface area contributed by atoms with Crippen LogP contribution >= 0.6 is 0 Å². The van der Waals surface area contributed by atoms with Crippen molar-refractivity contribution < 1.29 is 14.3 Å². The van der Waals surface area contributed by atoms with Gasteiger partial charge in [0.25, 0.3) is 5.91 Å². The molecule has 0 aliphatic heterocycles. The van der Waals surface area contributed by atoms with E-state index in [4.69, 9.17) is 9.47 Å². The predicted octanol–water partition coefficient (Wildman–Crippen LogP) is 4.08. The summed E-state index contributed by atoms with van der Waals surface area (Å²) in [4.78, 5) is 16.8. The van der Waals surface area contributed by atoms with Crippen LogP contribution in [0, 0.1) is 6.92 Å². The second-order valence-corrected chi connectivity index (χ2v) is 6.23. The van der Waals surface area contributed by atoms with Crippen LogP contribution in [0.1, 0.15) is 21.5 Å². The van der Waals surface area contributed by atoms with Crippen molar-refractivity contribution in [1.29, 1.82) is 0 Å². The van der Waals surface area contributed by atoms with E-state index in [-0.39, 0.29) is 5.91 Å². The molecule has 0 unspecified atom stereocenters. The van der Waals surface area contributed by atoms with Crippen molar-refractivity contribution in [2.24, 2.45) is 0 Å². The van der Waals surface area contributed by atoms with Crippen molar-refractivity contribution in [3.63, 3.8) is 0 Å². The van der Waals surface area contributed by atoms with Crippen LogP contribution in [-0.4, -0.2) is 25.1 Å². The van der Waals surface area contributed by atoms with Crippen molar-refractivity contribution >= 4 is 17.4 Å². The summed E-state index contributed by atoms with van der Waals surface area (Å²) >= 11 is 0. The van der Waals surface area contributed by atoms with E-state index in [1.807, 2.05) is 43.3 Å². The Morgan fingerprint density at radius 2 is 1.86 bits per heavy atom. The van der Waals surface area contributed by atoms with E-state index in [1.54, 1.807) is 38.6 Å². The van der Waals surface area contributed by atoms with E-state index < -0.39 is 0 Å². The highest BCUT2D eigenvalue weighted by atomic mass is 16.5. The van der Waals surface area contributed by atoms with E-state index in [2.05, 4.69) is 15.6 Å². The molecule has 2 aromatic carbocycles. The molecule has 0 aliphatic carbocycles. The fourth-order valence-electron chi connectivity index (χ4n) is 2.77. The molecule has 3 rings (SSSR count). The summed E-state index contributed by atoms with van der Waals surface area (Å²) in [6.45, 7) is 2.50. The SMILES string of the molecule is COc1ccc(Nc2cc(C(=O)NCc3ccccc3C)ccn2)c(OC)c1. The fourth-order valence-corrected chi connectivity index (χ4v) is 2.77. The highest BCUT2D eigenvalue weighted by molar-refractivity contribution is 5.95. The minimum absolute atomic E-state index is 0.157. The minimum Gasteiger partial charge on any atom is -0.497 e. The van der Waals surface area contributed by atoms with Gasteiger partial charge in [0.1, 0.15) is 17.3 Å². The lowest BCUT2D eigenvalue weighted by Gasteiger charge is -2.13. The predicted molar refractivity (Wildman–Crippen MR) is 109 cm³/mol. The van der Waals surface area contributed by atoms with Gasteiger partial charge in [0.2, 0.25) is 0 Å². The first kappa shape index (κ1) is 19.2. The van der Waals surface area contributed by atoms with Gasteiger partial charge in [0, 0.05) is 24.4 Å². The third-order valence-corrected chi connectivity index (χ3v) is 4.39. The van der Waals surface area contributed by atoms with Crippen molar-refractivity contribution in [2.45, 2.75) is 13.5 Å². The zero-order chi connectivity index (χ0) is 19.9. The number of hydrogen-bond acceptors (Lipinski definition) is 5. The van der Waals surface area contributed by atoms with Gasteiger partial charge < -0.3 is 20.1 Å². The van der Waals surface area contributed by atoms with Crippen LogP contribution in [0.25, 0.3) is 0 Å². The van der Waals surface area contributed by atoms with Gasteiger partial charge in [-0.2, -0.15) is 0 Å². The lowest BCUT2D eigenvalue weighted by molar-refractivity contribution is 0.0951. The number of nitrogens with zero attached hydrogens (tertiary/aromatic N) is 1. The Kier molecular flexibility index (Phi) is 6.11. The van der Waals surface area contributed by atoms with Crippen LogP contribution in [-0.2, 0) is 6.54 Å².